The molecule has 0 spiro atoms. The summed E-state index contributed by atoms with van der Waals surface area (Å²) < 4.78 is 82.9. The highest BCUT2D eigenvalue weighted by atomic mass is 19.4. The molecule has 0 atom stereocenters. The van der Waals surface area contributed by atoms with E-state index in [-0.39, 0.29) is 52.2 Å². The number of azo groups is 2. The van der Waals surface area contributed by atoms with Gasteiger partial charge in [0.2, 0.25) is 6.40 Å². The molecule has 0 aliphatic heterocycles. The van der Waals surface area contributed by atoms with E-state index in [1.165, 1.54) is 60.7 Å². The van der Waals surface area contributed by atoms with Crippen LogP contribution in [0.25, 0.3) is 21.5 Å². The summed E-state index contributed by atoms with van der Waals surface area (Å²) >= 11 is 0. The lowest BCUT2D eigenvalue weighted by Crippen LogP contribution is -2.34. The minimum atomic E-state index is -4.94. The molecule has 374 valence electrons. The summed E-state index contributed by atoms with van der Waals surface area (Å²) in [6, 6.07) is 36.5. The normalized spacial score (nSPS) is 11.8. The fourth-order valence-corrected chi connectivity index (χ4v) is 6.96. The van der Waals surface area contributed by atoms with Crippen molar-refractivity contribution in [2.24, 2.45) is 25.6 Å². The van der Waals surface area contributed by atoms with Crippen LogP contribution in [0.4, 0.5) is 65.3 Å². The summed E-state index contributed by atoms with van der Waals surface area (Å²) in [5, 5.41) is 48.4. The molecule has 0 saturated carbocycles. The zero-order valence-corrected chi connectivity index (χ0v) is 37.6. The van der Waals surface area contributed by atoms with Gasteiger partial charge in [-0.2, -0.15) is 10.2 Å². The molecule has 0 radical (unpaired) electrons. The van der Waals surface area contributed by atoms with Gasteiger partial charge in [0.05, 0.1) is 17.1 Å². The van der Waals surface area contributed by atoms with E-state index in [9.17, 15) is 50.9 Å². The number of halogens is 6. The lowest BCUT2D eigenvalue weighted by molar-refractivity contribution is -0.275. The first-order valence-corrected chi connectivity index (χ1v) is 21.4. The van der Waals surface area contributed by atoms with Gasteiger partial charge in [-0.05, 0) is 119 Å². The standard InChI is InChI=1S/C51H34F6N8O9/c52-50(53,54)73-39-5-1-3-37(25-39)59-49(70)60-48(69)34-12-20-42-33(24-34)14-22-44(67)46(42)64-62-36-17-10-31(11-18-36)47(68)30-8-15-35(16-9-30)61-63-45-41-19-7-29(23-32(41)13-21-43(45)66)27-71-58-28-72-65-38-4-2-6-40(26-38)74-51(55,56)57/h1-26,28,65-67H,27H2,(H2,59,60,69,70). The second-order valence-electron chi connectivity index (χ2n) is 15.4. The monoisotopic (exact) mass is 1020 g/mol. The molecule has 74 heavy (non-hydrogen) atoms. The number of oxime groups is 1. The summed E-state index contributed by atoms with van der Waals surface area (Å²) in [6.45, 7) is 0.0167. The van der Waals surface area contributed by atoms with Gasteiger partial charge in [0, 0.05) is 45.3 Å². The fraction of sp³-hybridized carbons (Fsp3) is 0.0588. The van der Waals surface area contributed by atoms with E-state index < -0.39 is 36.2 Å². The molecule has 0 fully saturated rings. The Bertz CT molecular complexity index is 3480. The molecule has 8 aromatic carbocycles. The molecule has 8 rings (SSSR count). The molecule has 0 aliphatic carbocycles. The number of amides is 3. The number of nitrogens with one attached hydrogen (secondary N) is 3. The third kappa shape index (κ3) is 13.4. The summed E-state index contributed by atoms with van der Waals surface area (Å²) in [6.07, 6.45) is -8.87. The van der Waals surface area contributed by atoms with E-state index >= 15 is 0 Å². The molecule has 0 bridgehead atoms. The molecule has 17 nitrogen and oxygen atoms in total. The Kier molecular flexibility index (Phi) is 14.9. The SMILES string of the molecule is O=C(NC(=O)c1ccc2c(N=Nc3ccc(C(=O)c4ccc(N=Nc5c(O)ccc6cc(CON=CONc7cccc(OC(F)(F)F)c7)ccc56)cc4)cc3)c(O)ccc2c1)Nc1cccc(OC(F)(F)F)c1. The molecule has 3 amide bonds. The molecule has 0 saturated heterocycles. The lowest BCUT2D eigenvalue weighted by atomic mass is 10.0. The van der Waals surface area contributed by atoms with Gasteiger partial charge < -0.3 is 34.7 Å². The quantitative estimate of drug-likeness (QED) is 0.0154. The Morgan fingerprint density at radius 1 is 0.554 bits per heavy atom. The Morgan fingerprint density at radius 3 is 1.64 bits per heavy atom. The molecular formula is C51H34F6N8O9. The maximum absolute atomic E-state index is 13.4. The number of ether oxygens (including phenoxy) is 2. The van der Waals surface area contributed by atoms with Crippen LogP contribution < -0.4 is 25.6 Å². The van der Waals surface area contributed by atoms with E-state index in [1.807, 2.05) is 0 Å². The van der Waals surface area contributed by atoms with E-state index in [4.69, 9.17) is 9.68 Å². The van der Waals surface area contributed by atoms with Gasteiger partial charge in [-0.3, -0.25) is 14.9 Å². The highest BCUT2D eigenvalue weighted by Crippen LogP contribution is 2.38. The Labute approximate surface area is 413 Å². The number of nitrogens with zero attached hydrogens (tertiary/aromatic N) is 5. The van der Waals surface area contributed by atoms with Crippen molar-refractivity contribution in [1.29, 1.82) is 0 Å². The fourth-order valence-electron chi connectivity index (χ4n) is 6.96. The van der Waals surface area contributed by atoms with Crippen LogP contribution in [0.1, 0.15) is 31.8 Å². The third-order valence-electron chi connectivity index (χ3n) is 10.3. The average Bonchev–Trinajstić information content (AvgIpc) is 3.36. The van der Waals surface area contributed by atoms with Gasteiger partial charge in [0.15, 0.2) is 5.78 Å². The number of carbonyl (C=O) groups excluding carboxylic acids is 3. The number of imide groups is 1. The third-order valence-corrected chi connectivity index (χ3v) is 10.3. The predicted octanol–water partition coefficient (Wildman–Crippen LogP) is 13.7. The summed E-state index contributed by atoms with van der Waals surface area (Å²) in [7, 11) is 0. The topological polar surface area (TPSA) is 226 Å². The van der Waals surface area contributed by atoms with E-state index in [2.05, 4.69) is 51.2 Å². The number of hydrogen-bond acceptors (Lipinski definition) is 15. The van der Waals surface area contributed by atoms with Crippen molar-refractivity contribution >= 4 is 79.8 Å². The van der Waals surface area contributed by atoms with Crippen LogP contribution in [0, 0.1) is 0 Å². The second kappa shape index (κ2) is 21.9. The maximum atomic E-state index is 13.4. The van der Waals surface area contributed by atoms with Gasteiger partial charge in [0.1, 0.15) is 41.0 Å². The van der Waals surface area contributed by atoms with E-state index in [0.29, 0.717) is 49.6 Å². The summed E-state index contributed by atoms with van der Waals surface area (Å²) in [4.78, 5) is 49.0. The molecule has 0 heterocycles. The van der Waals surface area contributed by atoms with Crippen LogP contribution in [-0.2, 0) is 16.3 Å². The molecule has 5 N–H and O–H groups in total. The number of phenolic OH excluding ortho intramolecular Hbond substituents is 2. The predicted molar refractivity (Wildman–Crippen MR) is 257 cm³/mol. The van der Waals surface area contributed by atoms with E-state index in [1.54, 1.807) is 72.8 Å². The number of carbonyl (C=O) groups is 3. The number of hydrogen-bond donors (Lipinski definition) is 5. The number of anilines is 2. The van der Waals surface area contributed by atoms with Crippen molar-refractivity contribution in [2.45, 2.75) is 19.3 Å². The van der Waals surface area contributed by atoms with Crippen LogP contribution in [0.15, 0.2) is 183 Å². The Hall–Kier alpha value is -10.1. The number of aromatic hydroxyl groups is 2. The Morgan fingerprint density at radius 2 is 1.07 bits per heavy atom. The zero-order chi connectivity index (χ0) is 52.4. The molecular weight excluding hydrogens is 983 g/mol. The number of rotatable bonds is 16. The van der Waals surface area contributed by atoms with Crippen molar-refractivity contribution in [3.8, 4) is 23.0 Å². The highest BCUT2D eigenvalue weighted by Gasteiger charge is 2.32. The highest BCUT2D eigenvalue weighted by molar-refractivity contribution is 6.10. The van der Waals surface area contributed by atoms with Crippen LogP contribution in [0.5, 0.6) is 23.0 Å². The second-order valence-corrected chi connectivity index (χ2v) is 15.4. The summed E-state index contributed by atoms with van der Waals surface area (Å²) in [5.41, 5.74) is 4.92. The lowest BCUT2D eigenvalue weighted by Gasteiger charge is -2.11. The molecule has 0 unspecified atom stereocenters. The van der Waals surface area contributed by atoms with Gasteiger partial charge in [-0.25, -0.2) is 10.3 Å². The zero-order valence-electron chi connectivity index (χ0n) is 37.6. The molecule has 0 aromatic heterocycles. The van der Waals surface area contributed by atoms with Crippen molar-refractivity contribution in [2.75, 3.05) is 10.8 Å². The van der Waals surface area contributed by atoms with Crippen LogP contribution in [-0.4, -0.2) is 47.1 Å². The van der Waals surface area contributed by atoms with Gasteiger partial charge in [0.25, 0.3) is 5.91 Å². The van der Waals surface area contributed by atoms with Crippen LogP contribution >= 0.6 is 0 Å². The van der Waals surface area contributed by atoms with Gasteiger partial charge in [-0.15, -0.1) is 36.6 Å². The number of alkyl halides is 6. The van der Waals surface area contributed by atoms with E-state index in [0.717, 1.165) is 30.7 Å². The molecule has 0 aliphatic rings. The number of phenols is 2. The summed E-state index contributed by atoms with van der Waals surface area (Å²) in [5.74, 6) is -2.49. The minimum absolute atomic E-state index is 0.0167. The molecule has 8 aromatic rings. The van der Waals surface area contributed by atoms with Crippen molar-refractivity contribution in [1.82, 2.24) is 5.32 Å². The number of benzene rings is 8. The average molecular weight is 1020 g/mol. The Balaban J connectivity index is 0.842. The van der Waals surface area contributed by atoms with Crippen LogP contribution in [0.3, 0.4) is 0 Å². The first-order chi connectivity index (χ1) is 35.4. The smallest absolute Gasteiger partial charge is 0.506 e. The largest absolute Gasteiger partial charge is 0.573 e. The first kappa shape index (κ1) is 50.3. The van der Waals surface area contributed by atoms with Gasteiger partial charge >= 0.3 is 18.8 Å². The van der Waals surface area contributed by atoms with Crippen molar-refractivity contribution < 1.29 is 70.1 Å². The van der Waals surface area contributed by atoms with Gasteiger partial charge in [-0.1, -0.05) is 47.6 Å². The minimum Gasteiger partial charge on any atom is -0.506 e. The first-order valence-electron chi connectivity index (χ1n) is 21.4. The molecule has 23 heteroatoms. The number of urea groups is 1. The van der Waals surface area contributed by atoms with Crippen molar-refractivity contribution in [3.63, 3.8) is 0 Å². The van der Waals surface area contributed by atoms with Crippen LogP contribution in [0.2, 0.25) is 0 Å². The van der Waals surface area contributed by atoms with Crippen molar-refractivity contribution in [3.05, 3.63) is 180 Å². The number of fused-ring (bicyclic) bond motifs is 2. The number of ketones is 1. The maximum Gasteiger partial charge on any atom is 0.573 e.